The van der Waals surface area contributed by atoms with Crippen molar-refractivity contribution in [1.29, 1.82) is 0 Å². The Kier molecular flexibility index (Phi) is 6.31. The predicted octanol–water partition coefficient (Wildman–Crippen LogP) is 3.68. The maximum absolute atomic E-state index is 12.8. The van der Waals surface area contributed by atoms with Gasteiger partial charge in [0.15, 0.2) is 5.76 Å². The first-order valence-electron chi connectivity index (χ1n) is 9.40. The predicted molar refractivity (Wildman–Crippen MR) is 108 cm³/mol. The Morgan fingerprint density at radius 1 is 1.11 bits per heavy atom. The lowest BCUT2D eigenvalue weighted by Gasteiger charge is -2.19. The summed E-state index contributed by atoms with van der Waals surface area (Å²) in [6, 6.07) is 6.76. The summed E-state index contributed by atoms with van der Waals surface area (Å²) < 4.78 is 32.5. The van der Waals surface area contributed by atoms with Crippen LogP contribution < -0.4 is 5.32 Å². The number of hydrogen-bond acceptors (Lipinski definition) is 5. The molecule has 150 valence electrons. The Labute approximate surface area is 165 Å². The lowest BCUT2D eigenvalue weighted by atomic mass is 10.2. The molecular formula is C20H25N3O4S. The second-order valence-electron chi connectivity index (χ2n) is 6.91. The fourth-order valence-corrected chi connectivity index (χ4v) is 4.70. The summed E-state index contributed by atoms with van der Waals surface area (Å²) in [6.45, 7) is 4.33. The summed E-state index contributed by atoms with van der Waals surface area (Å²) in [5.41, 5.74) is 1.94. The topological polar surface area (TPSA) is 92.5 Å². The zero-order valence-electron chi connectivity index (χ0n) is 16.1. The van der Waals surface area contributed by atoms with Gasteiger partial charge in [0.05, 0.1) is 4.90 Å². The van der Waals surface area contributed by atoms with Crippen molar-refractivity contribution in [3.63, 3.8) is 0 Å². The fourth-order valence-electron chi connectivity index (χ4n) is 3.18. The van der Waals surface area contributed by atoms with Crippen LogP contribution in [0, 0.1) is 6.92 Å². The lowest BCUT2D eigenvalue weighted by Crippen LogP contribution is -2.31. The summed E-state index contributed by atoms with van der Waals surface area (Å²) in [6.07, 6.45) is 7.46. The van der Waals surface area contributed by atoms with Crippen molar-refractivity contribution in [3.05, 3.63) is 41.3 Å². The monoisotopic (exact) mass is 403 g/mol. The Morgan fingerprint density at radius 2 is 1.75 bits per heavy atom. The second kappa shape index (κ2) is 8.70. The summed E-state index contributed by atoms with van der Waals surface area (Å²) >= 11 is 0. The number of aryl methyl sites for hydroxylation is 1. The number of amides is 1. The van der Waals surface area contributed by atoms with Gasteiger partial charge in [-0.15, -0.1) is 0 Å². The van der Waals surface area contributed by atoms with Gasteiger partial charge in [0, 0.05) is 20.0 Å². The van der Waals surface area contributed by atoms with Crippen LogP contribution in [0.2, 0.25) is 0 Å². The van der Waals surface area contributed by atoms with Crippen LogP contribution in [0.15, 0.2) is 33.7 Å². The number of hydrogen-bond donors (Lipinski definition) is 1. The van der Waals surface area contributed by atoms with E-state index in [9.17, 15) is 13.2 Å². The van der Waals surface area contributed by atoms with Crippen molar-refractivity contribution in [1.82, 2.24) is 9.46 Å². The number of anilines is 1. The molecule has 0 spiro atoms. The molecule has 1 aliphatic heterocycles. The molecule has 1 aromatic carbocycles. The molecule has 0 aliphatic carbocycles. The van der Waals surface area contributed by atoms with E-state index in [1.807, 2.05) is 0 Å². The van der Waals surface area contributed by atoms with Crippen LogP contribution in [0.3, 0.4) is 0 Å². The van der Waals surface area contributed by atoms with E-state index in [0.29, 0.717) is 35.1 Å². The molecule has 1 amide bonds. The van der Waals surface area contributed by atoms with E-state index in [4.69, 9.17) is 4.52 Å². The molecule has 1 aromatic heterocycles. The average molecular weight is 404 g/mol. The zero-order chi connectivity index (χ0) is 20.1. The Balaban J connectivity index is 1.76. The summed E-state index contributed by atoms with van der Waals surface area (Å²) in [5.74, 6) is 0.234. The van der Waals surface area contributed by atoms with Gasteiger partial charge in [-0.3, -0.25) is 4.79 Å². The molecule has 1 saturated heterocycles. The third-order valence-corrected chi connectivity index (χ3v) is 6.61. The zero-order valence-corrected chi connectivity index (χ0v) is 17.0. The van der Waals surface area contributed by atoms with Crippen molar-refractivity contribution in [2.24, 2.45) is 0 Å². The van der Waals surface area contributed by atoms with Gasteiger partial charge < -0.3 is 9.84 Å². The van der Waals surface area contributed by atoms with Gasteiger partial charge in [-0.05, 0) is 43.5 Å². The van der Waals surface area contributed by atoms with E-state index in [-0.39, 0.29) is 5.91 Å². The van der Waals surface area contributed by atoms with E-state index in [1.54, 1.807) is 47.6 Å². The highest BCUT2D eigenvalue weighted by Gasteiger charge is 2.24. The molecule has 0 bridgehead atoms. The van der Waals surface area contributed by atoms with Gasteiger partial charge in [0.1, 0.15) is 11.4 Å². The summed E-state index contributed by atoms with van der Waals surface area (Å²) in [4.78, 5) is 11.6. The summed E-state index contributed by atoms with van der Waals surface area (Å²) in [7, 11) is -3.45. The highest BCUT2D eigenvalue weighted by atomic mass is 32.2. The molecule has 3 rings (SSSR count). The highest BCUT2D eigenvalue weighted by Crippen LogP contribution is 2.24. The number of carbonyl (C=O) groups excluding carboxylic acids is 1. The Hall–Kier alpha value is -2.45. The minimum atomic E-state index is -3.45. The number of benzene rings is 1. The smallest absolute Gasteiger partial charge is 0.243 e. The third kappa shape index (κ3) is 4.69. The standard InChI is InChI=1S/C20H25N3O4S/c1-15-20(21-16(2)24)19(27-22-15)12-9-17-7-10-18(11-8-17)28(25,26)23-13-5-3-4-6-14-23/h7-12H,3-6,13-14H2,1-2H3,(H,21,24)/b12-9-. The first-order valence-corrected chi connectivity index (χ1v) is 10.8. The number of rotatable bonds is 5. The van der Waals surface area contributed by atoms with Crippen LogP contribution in [0.25, 0.3) is 12.2 Å². The van der Waals surface area contributed by atoms with Gasteiger partial charge in [0.25, 0.3) is 0 Å². The van der Waals surface area contributed by atoms with Crippen molar-refractivity contribution in [2.75, 3.05) is 18.4 Å². The molecular weight excluding hydrogens is 378 g/mol. The molecule has 0 atom stereocenters. The first kappa shape index (κ1) is 20.3. The third-order valence-electron chi connectivity index (χ3n) is 4.70. The minimum Gasteiger partial charge on any atom is -0.354 e. The fraction of sp³-hybridized carbons (Fsp3) is 0.400. The number of aromatic nitrogens is 1. The van der Waals surface area contributed by atoms with Crippen molar-refractivity contribution in [2.45, 2.75) is 44.4 Å². The van der Waals surface area contributed by atoms with Crippen molar-refractivity contribution < 1.29 is 17.7 Å². The normalized spacial score (nSPS) is 16.2. The summed E-state index contributed by atoms with van der Waals surface area (Å²) in [5, 5.41) is 6.56. The lowest BCUT2D eigenvalue weighted by molar-refractivity contribution is -0.114. The van der Waals surface area contributed by atoms with Crippen LogP contribution in [0.1, 0.15) is 49.6 Å². The molecule has 0 unspecified atom stereocenters. The molecule has 0 radical (unpaired) electrons. The number of carbonyl (C=O) groups is 1. The van der Waals surface area contributed by atoms with E-state index in [1.165, 1.54) is 6.92 Å². The van der Waals surface area contributed by atoms with E-state index < -0.39 is 10.0 Å². The van der Waals surface area contributed by atoms with Crippen molar-refractivity contribution in [3.8, 4) is 0 Å². The maximum Gasteiger partial charge on any atom is 0.243 e. The van der Waals surface area contributed by atoms with E-state index >= 15 is 0 Å². The molecule has 0 saturated carbocycles. The molecule has 1 fully saturated rings. The van der Waals surface area contributed by atoms with E-state index in [0.717, 1.165) is 31.2 Å². The Bertz CT molecular complexity index is 954. The van der Waals surface area contributed by atoms with Crippen LogP contribution in [-0.2, 0) is 14.8 Å². The molecule has 8 heteroatoms. The molecule has 1 N–H and O–H groups in total. The quantitative estimate of drug-likeness (QED) is 0.822. The molecule has 28 heavy (non-hydrogen) atoms. The largest absolute Gasteiger partial charge is 0.354 e. The van der Waals surface area contributed by atoms with Crippen molar-refractivity contribution >= 4 is 33.8 Å². The van der Waals surface area contributed by atoms with Crippen LogP contribution >= 0.6 is 0 Å². The molecule has 1 aliphatic rings. The van der Waals surface area contributed by atoms with Crippen LogP contribution in [-0.4, -0.2) is 36.9 Å². The number of sulfonamides is 1. The van der Waals surface area contributed by atoms with Gasteiger partial charge >= 0.3 is 0 Å². The highest BCUT2D eigenvalue weighted by molar-refractivity contribution is 7.89. The second-order valence-corrected chi connectivity index (χ2v) is 8.85. The SMILES string of the molecule is CC(=O)Nc1c(C)noc1/C=C\c1ccc(S(=O)(=O)N2CCCCCC2)cc1. The molecule has 2 aromatic rings. The minimum absolute atomic E-state index is 0.205. The van der Waals surface area contributed by atoms with Gasteiger partial charge in [-0.25, -0.2) is 8.42 Å². The van der Waals surface area contributed by atoms with Gasteiger partial charge in [-0.2, -0.15) is 4.31 Å². The Morgan fingerprint density at radius 3 is 2.36 bits per heavy atom. The molecule has 7 nitrogen and oxygen atoms in total. The van der Waals surface area contributed by atoms with E-state index in [2.05, 4.69) is 10.5 Å². The first-order chi connectivity index (χ1) is 13.4. The number of nitrogens with one attached hydrogen (secondary N) is 1. The van der Waals surface area contributed by atoms with Gasteiger partial charge in [0.2, 0.25) is 15.9 Å². The maximum atomic E-state index is 12.8. The van der Waals surface area contributed by atoms with Gasteiger partial charge in [-0.1, -0.05) is 36.2 Å². The van der Waals surface area contributed by atoms with Crippen LogP contribution in [0.4, 0.5) is 5.69 Å². The van der Waals surface area contributed by atoms with Crippen LogP contribution in [0.5, 0.6) is 0 Å². The number of nitrogens with zero attached hydrogens (tertiary/aromatic N) is 2. The molecule has 2 heterocycles. The average Bonchev–Trinajstić information content (AvgIpc) is 2.88.